The highest BCUT2D eigenvalue weighted by Gasteiger charge is 2.23. The molecule has 1 amide bonds. The molecule has 0 bridgehead atoms. The summed E-state index contributed by atoms with van der Waals surface area (Å²) in [7, 11) is 1.81. The van der Waals surface area contributed by atoms with E-state index in [1.54, 1.807) is 11.9 Å². The number of carbonyl (C=O) groups excluding carboxylic acids is 1. The van der Waals surface area contributed by atoms with E-state index in [-0.39, 0.29) is 5.91 Å². The maximum absolute atomic E-state index is 11.9. The molecule has 1 aromatic rings. The lowest BCUT2D eigenvalue weighted by molar-refractivity contribution is 0.0740. The first kappa shape index (κ1) is 10.0. The molecule has 1 saturated carbocycles. The second-order valence-electron chi connectivity index (χ2n) is 4.18. The fourth-order valence-electron chi connectivity index (χ4n) is 1.80. The monoisotopic (exact) mass is 208 g/mol. The fraction of sp³-hybridized carbons (Fsp3) is 0.600. The Bertz CT molecular complexity index is 356. The standard InChI is InChI=1S/C10H16N4O/c1-14(6-7-3-2-4-7)10(15)9-8(11)5-12-13-9/h5,7H,2-4,6,11H2,1H3,(H,12,13). The second-order valence-corrected chi connectivity index (χ2v) is 4.18. The molecule has 1 fully saturated rings. The van der Waals surface area contributed by atoms with Gasteiger partial charge in [0.1, 0.15) is 5.69 Å². The highest BCUT2D eigenvalue weighted by atomic mass is 16.2. The molecule has 1 aromatic heterocycles. The van der Waals surface area contributed by atoms with Gasteiger partial charge in [-0.05, 0) is 18.8 Å². The molecular weight excluding hydrogens is 192 g/mol. The molecule has 0 aromatic carbocycles. The Kier molecular flexibility index (Phi) is 2.62. The number of aromatic amines is 1. The fourth-order valence-corrected chi connectivity index (χ4v) is 1.80. The van der Waals surface area contributed by atoms with Crippen LogP contribution in [0.1, 0.15) is 29.8 Å². The Hall–Kier alpha value is -1.52. The van der Waals surface area contributed by atoms with Gasteiger partial charge in [-0.15, -0.1) is 0 Å². The number of nitrogens with one attached hydrogen (secondary N) is 1. The molecule has 0 saturated heterocycles. The lowest BCUT2D eigenvalue weighted by atomic mass is 9.85. The number of nitrogens with zero attached hydrogens (tertiary/aromatic N) is 2. The zero-order chi connectivity index (χ0) is 10.8. The second kappa shape index (κ2) is 3.92. The first-order valence-corrected chi connectivity index (χ1v) is 5.23. The van der Waals surface area contributed by atoms with Gasteiger partial charge in [-0.3, -0.25) is 9.89 Å². The summed E-state index contributed by atoms with van der Waals surface area (Å²) in [6.45, 7) is 0.817. The summed E-state index contributed by atoms with van der Waals surface area (Å²) in [5, 5.41) is 6.37. The molecular formula is C10H16N4O. The predicted molar refractivity (Wildman–Crippen MR) is 57.3 cm³/mol. The third kappa shape index (κ3) is 1.95. The number of hydrogen-bond donors (Lipinski definition) is 2. The third-order valence-electron chi connectivity index (χ3n) is 2.99. The first-order valence-electron chi connectivity index (χ1n) is 5.23. The molecule has 15 heavy (non-hydrogen) atoms. The van der Waals surface area contributed by atoms with Gasteiger partial charge in [-0.25, -0.2) is 0 Å². The van der Waals surface area contributed by atoms with Crippen LogP contribution in [0.15, 0.2) is 6.20 Å². The van der Waals surface area contributed by atoms with Crippen LogP contribution in [0.4, 0.5) is 5.69 Å². The smallest absolute Gasteiger partial charge is 0.273 e. The van der Waals surface area contributed by atoms with Crippen molar-refractivity contribution >= 4 is 11.6 Å². The number of anilines is 1. The number of aromatic nitrogens is 2. The first-order chi connectivity index (χ1) is 7.18. The Morgan fingerprint density at radius 1 is 1.73 bits per heavy atom. The number of nitrogens with two attached hydrogens (primary N) is 1. The van der Waals surface area contributed by atoms with Crippen LogP contribution >= 0.6 is 0 Å². The van der Waals surface area contributed by atoms with Gasteiger partial charge in [-0.1, -0.05) is 6.42 Å². The highest BCUT2D eigenvalue weighted by Crippen LogP contribution is 2.27. The van der Waals surface area contributed by atoms with E-state index in [0.29, 0.717) is 17.3 Å². The average molecular weight is 208 g/mol. The summed E-state index contributed by atoms with van der Waals surface area (Å²) in [5.41, 5.74) is 6.43. The molecule has 1 heterocycles. The maximum atomic E-state index is 11.9. The van der Waals surface area contributed by atoms with Gasteiger partial charge in [-0.2, -0.15) is 5.10 Å². The Morgan fingerprint density at radius 3 is 2.93 bits per heavy atom. The van der Waals surface area contributed by atoms with Crippen LogP contribution < -0.4 is 5.73 Å². The molecule has 0 atom stereocenters. The molecule has 0 aliphatic heterocycles. The minimum absolute atomic E-state index is 0.0723. The van der Waals surface area contributed by atoms with Gasteiger partial charge in [0.25, 0.3) is 5.91 Å². The van der Waals surface area contributed by atoms with E-state index in [0.717, 1.165) is 6.54 Å². The number of rotatable bonds is 3. The third-order valence-corrected chi connectivity index (χ3v) is 2.99. The Balaban J connectivity index is 1.97. The van der Waals surface area contributed by atoms with Crippen molar-refractivity contribution in [3.8, 4) is 0 Å². The zero-order valence-corrected chi connectivity index (χ0v) is 8.86. The zero-order valence-electron chi connectivity index (χ0n) is 8.86. The lowest BCUT2D eigenvalue weighted by Crippen LogP contribution is -2.34. The van der Waals surface area contributed by atoms with Gasteiger partial charge in [0.2, 0.25) is 0 Å². The van der Waals surface area contributed by atoms with Crippen molar-refractivity contribution < 1.29 is 4.79 Å². The SMILES string of the molecule is CN(CC1CCC1)C(=O)c1[nH]ncc1N. The van der Waals surface area contributed by atoms with E-state index in [4.69, 9.17) is 5.73 Å². The molecule has 0 radical (unpaired) electrons. The quantitative estimate of drug-likeness (QED) is 0.773. The van der Waals surface area contributed by atoms with Gasteiger partial charge in [0, 0.05) is 13.6 Å². The van der Waals surface area contributed by atoms with Gasteiger partial charge in [0.05, 0.1) is 11.9 Å². The van der Waals surface area contributed by atoms with Gasteiger partial charge in [0.15, 0.2) is 0 Å². The van der Waals surface area contributed by atoms with Crippen molar-refractivity contribution in [1.29, 1.82) is 0 Å². The highest BCUT2D eigenvalue weighted by molar-refractivity contribution is 5.96. The molecule has 0 spiro atoms. The lowest BCUT2D eigenvalue weighted by Gasteiger charge is -2.29. The van der Waals surface area contributed by atoms with Crippen molar-refractivity contribution in [3.05, 3.63) is 11.9 Å². The Labute approximate surface area is 88.6 Å². The summed E-state index contributed by atoms with van der Waals surface area (Å²) in [6.07, 6.45) is 5.22. The number of hydrogen-bond acceptors (Lipinski definition) is 3. The van der Waals surface area contributed by atoms with E-state index >= 15 is 0 Å². The average Bonchev–Trinajstić information content (AvgIpc) is 2.56. The van der Waals surface area contributed by atoms with Crippen LogP contribution in [0.25, 0.3) is 0 Å². The summed E-state index contributed by atoms with van der Waals surface area (Å²) >= 11 is 0. The summed E-state index contributed by atoms with van der Waals surface area (Å²) in [6, 6.07) is 0. The van der Waals surface area contributed by atoms with Crippen molar-refractivity contribution in [1.82, 2.24) is 15.1 Å². The normalized spacial score (nSPS) is 16.1. The van der Waals surface area contributed by atoms with Crippen LogP contribution in [-0.4, -0.2) is 34.6 Å². The van der Waals surface area contributed by atoms with E-state index in [1.165, 1.54) is 25.5 Å². The molecule has 3 N–H and O–H groups in total. The Morgan fingerprint density at radius 2 is 2.47 bits per heavy atom. The van der Waals surface area contributed by atoms with Crippen molar-refractivity contribution in [3.63, 3.8) is 0 Å². The topological polar surface area (TPSA) is 75.0 Å². The summed E-state index contributed by atoms with van der Waals surface area (Å²) in [5.74, 6) is 0.597. The summed E-state index contributed by atoms with van der Waals surface area (Å²) < 4.78 is 0. The molecule has 5 nitrogen and oxygen atoms in total. The van der Waals surface area contributed by atoms with Crippen LogP contribution in [0, 0.1) is 5.92 Å². The molecule has 82 valence electrons. The van der Waals surface area contributed by atoms with Crippen molar-refractivity contribution in [2.45, 2.75) is 19.3 Å². The van der Waals surface area contributed by atoms with Gasteiger partial charge < -0.3 is 10.6 Å². The minimum atomic E-state index is -0.0723. The molecule has 1 aliphatic carbocycles. The number of amides is 1. The minimum Gasteiger partial charge on any atom is -0.396 e. The number of H-pyrrole nitrogens is 1. The largest absolute Gasteiger partial charge is 0.396 e. The van der Waals surface area contributed by atoms with E-state index in [9.17, 15) is 4.79 Å². The molecule has 5 heteroatoms. The number of carbonyl (C=O) groups is 1. The van der Waals surface area contributed by atoms with Crippen molar-refractivity contribution in [2.75, 3.05) is 19.3 Å². The van der Waals surface area contributed by atoms with E-state index in [1.807, 2.05) is 0 Å². The predicted octanol–water partition coefficient (Wildman–Crippen LogP) is 0.864. The van der Waals surface area contributed by atoms with Crippen LogP contribution in [-0.2, 0) is 0 Å². The maximum Gasteiger partial charge on any atom is 0.273 e. The van der Waals surface area contributed by atoms with Crippen molar-refractivity contribution in [2.24, 2.45) is 5.92 Å². The number of nitrogen functional groups attached to an aromatic ring is 1. The van der Waals surface area contributed by atoms with E-state index < -0.39 is 0 Å². The molecule has 2 rings (SSSR count). The van der Waals surface area contributed by atoms with Crippen LogP contribution in [0.3, 0.4) is 0 Å². The van der Waals surface area contributed by atoms with Crippen LogP contribution in [0.5, 0.6) is 0 Å². The van der Waals surface area contributed by atoms with Gasteiger partial charge >= 0.3 is 0 Å². The van der Waals surface area contributed by atoms with E-state index in [2.05, 4.69) is 10.2 Å². The molecule has 0 unspecified atom stereocenters. The molecule has 1 aliphatic rings. The summed E-state index contributed by atoms with van der Waals surface area (Å²) in [4.78, 5) is 13.6. The van der Waals surface area contributed by atoms with Crippen LogP contribution in [0.2, 0.25) is 0 Å².